The Balaban J connectivity index is 2.16. The molecule has 1 amide bonds. The number of hydrogen-bond acceptors (Lipinski definition) is 3. The summed E-state index contributed by atoms with van der Waals surface area (Å²) >= 11 is 5.86. The summed E-state index contributed by atoms with van der Waals surface area (Å²) in [6.45, 7) is 1.05. The fourth-order valence-corrected chi connectivity index (χ4v) is 3.06. The highest BCUT2D eigenvalue weighted by atomic mass is 35.5. The summed E-state index contributed by atoms with van der Waals surface area (Å²) in [7, 11) is -0.787. The number of benzene rings is 1. The van der Waals surface area contributed by atoms with E-state index in [-0.39, 0.29) is 5.91 Å². The van der Waals surface area contributed by atoms with Crippen LogP contribution in [0.3, 0.4) is 0 Å². The fraction of sp³-hybridized carbons (Fsp3) is 0.364. The molecule has 0 saturated carbocycles. The summed E-state index contributed by atoms with van der Waals surface area (Å²) in [5.74, 6) is 0.986. The van der Waals surface area contributed by atoms with Gasteiger partial charge in [-0.1, -0.05) is 11.6 Å². The molecule has 0 unspecified atom stereocenters. The largest absolute Gasteiger partial charge is 0.399 e. The lowest BCUT2D eigenvalue weighted by atomic mass is 10.1. The lowest BCUT2D eigenvalue weighted by Crippen LogP contribution is -2.41. The maximum absolute atomic E-state index is 12.1. The van der Waals surface area contributed by atoms with Gasteiger partial charge in [-0.15, -0.1) is 0 Å². The van der Waals surface area contributed by atoms with Crippen molar-refractivity contribution in [3.8, 4) is 0 Å². The average molecular weight is 273 g/mol. The van der Waals surface area contributed by atoms with Gasteiger partial charge in [-0.2, -0.15) is 0 Å². The summed E-state index contributed by atoms with van der Waals surface area (Å²) in [5.41, 5.74) is 6.61. The van der Waals surface area contributed by atoms with Crippen LogP contribution in [0.1, 0.15) is 10.4 Å². The van der Waals surface area contributed by atoms with E-state index >= 15 is 0 Å². The Bertz CT molecular complexity index is 448. The average Bonchev–Trinajstić information content (AvgIpc) is 2.28. The molecule has 0 atom stereocenters. The van der Waals surface area contributed by atoms with E-state index in [1.165, 1.54) is 0 Å². The number of carbonyl (C=O) groups excluding carboxylic acids is 1. The zero-order valence-corrected chi connectivity index (χ0v) is 10.8. The van der Waals surface area contributed by atoms with E-state index in [0.29, 0.717) is 40.9 Å². The molecule has 17 heavy (non-hydrogen) atoms. The first-order chi connectivity index (χ1) is 8.06. The number of nitrogens with zero attached hydrogens (tertiary/aromatic N) is 1. The molecule has 4 nitrogen and oxygen atoms in total. The SMILES string of the molecule is Nc1cc(Cl)cc(C(=O)N2CCS(=O)CC2)c1. The Labute approximate surface area is 107 Å². The van der Waals surface area contributed by atoms with E-state index in [0.717, 1.165) is 0 Å². The predicted octanol–water partition coefficient (Wildman–Crippen LogP) is 1.13. The molecule has 1 aliphatic heterocycles. The number of amides is 1. The van der Waals surface area contributed by atoms with E-state index in [1.807, 2.05) is 0 Å². The van der Waals surface area contributed by atoms with Crippen LogP contribution in [-0.4, -0.2) is 39.6 Å². The van der Waals surface area contributed by atoms with Gasteiger partial charge >= 0.3 is 0 Å². The molecule has 2 rings (SSSR count). The third-order valence-corrected chi connectivity index (χ3v) is 4.13. The number of nitrogens with two attached hydrogens (primary N) is 1. The molecular weight excluding hydrogens is 260 g/mol. The summed E-state index contributed by atoms with van der Waals surface area (Å²) in [4.78, 5) is 13.8. The Morgan fingerprint density at radius 3 is 2.53 bits per heavy atom. The van der Waals surface area contributed by atoms with E-state index in [9.17, 15) is 9.00 Å². The van der Waals surface area contributed by atoms with Crippen LogP contribution in [0.2, 0.25) is 5.02 Å². The topological polar surface area (TPSA) is 63.4 Å². The predicted molar refractivity (Wildman–Crippen MR) is 69.6 cm³/mol. The molecule has 1 aromatic rings. The Morgan fingerprint density at radius 2 is 1.94 bits per heavy atom. The number of rotatable bonds is 1. The highest BCUT2D eigenvalue weighted by Crippen LogP contribution is 2.18. The molecule has 1 heterocycles. The molecule has 1 fully saturated rings. The first-order valence-electron chi connectivity index (χ1n) is 5.26. The molecular formula is C11H13ClN2O2S. The smallest absolute Gasteiger partial charge is 0.254 e. The standard InChI is InChI=1S/C11H13ClN2O2S/c12-9-5-8(6-10(13)7-9)11(15)14-1-3-17(16)4-2-14/h5-7H,1-4,13H2. The molecule has 1 aromatic carbocycles. The molecule has 0 spiro atoms. The maximum atomic E-state index is 12.1. The molecule has 2 N–H and O–H groups in total. The molecule has 0 aliphatic carbocycles. The number of nitrogen functional groups attached to an aromatic ring is 1. The van der Waals surface area contributed by atoms with Crippen LogP contribution < -0.4 is 5.73 Å². The monoisotopic (exact) mass is 272 g/mol. The quantitative estimate of drug-likeness (QED) is 0.780. The van der Waals surface area contributed by atoms with Crippen molar-refractivity contribution in [3.05, 3.63) is 28.8 Å². The van der Waals surface area contributed by atoms with Crippen LogP contribution in [0, 0.1) is 0 Å². The molecule has 6 heteroatoms. The van der Waals surface area contributed by atoms with E-state index in [4.69, 9.17) is 17.3 Å². The zero-order valence-electron chi connectivity index (χ0n) is 9.19. The van der Waals surface area contributed by atoms with Crippen LogP contribution in [0.4, 0.5) is 5.69 Å². The second-order valence-electron chi connectivity index (χ2n) is 3.91. The Morgan fingerprint density at radius 1 is 1.29 bits per heavy atom. The molecule has 0 radical (unpaired) electrons. The summed E-state index contributed by atoms with van der Waals surface area (Å²) in [5, 5.41) is 0.453. The number of halogens is 1. The van der Waals surface area contributed by atoms with Gasteiger partial charge in [-0.05, 0) is 18.2 Å². The van der Waals surface area contributed by atoms with Crippen LogP contribution in [-0.2, 0) is 10.8 Å². The van der Waals surface area contributed by atoms with Crippen molar-refractivity contribution in [2.45, 2.75) is 0 Å². The lowest BCUT2D eigenvalue weighted by Gasteiger charge is -2.26. The minimum Gasteiger partial charge on any atom is -0.399 e. The highest BCUT2D eigenvalue weighted by molar-refractivity contribution is 7.85. The van der Waals surface area contributed by atoms with Crippen LogP contribution in [0.25, 0.3) is 0 Å². The van der Waals surface area contributed by atoms with Gasteiger partial charge < -0.3 is 10.6 Å². The third kappa shape index (κ3) is 2.98. The molecule has 0 bridgehead atoms. The van der Waals surface area contributed by atoms with Crippen molar-refractivity contribution in [1.82, 2.24) is 4.90 Å². The van der Waals surface area contributed by atoms with Gasteiger partial charge in [0.25, 0.3) is 5.91 Å². The van der Waals surface area contributed by atoms with E-state index in [2.05, 4.69) is 0 Å². The van der Waals surface area contributed by atoms with Gasteiger partial charge in [0.15, 0.2) is 0 Å². The van der Waals surface area contributed by atoms with Gasteiger partial charge in [-0.3, -0.25) is 9.00 Å². The van der Waals surface area contributed by atoms with Crippen molar-refractivity contribution in [2.24, 2.45) is 0 Å². The maximum Gasteiger partial charge on any atom is 0.254 e. The van der Waals surface area contributed by atoms with Gasteiger partial charge in [0.2, 0.25) is 0 Å². The third-order valence-electron chi connectivity index (χ3n) is 2.63. The number of hydrogen-bond donors (Lipinski definition) is 1. The second-order valence-corrected chi connectivity index (χ2v) is 6.05. The normalized spacial score (nSPS) is 17.1. The van der Waals surface area contributed by atoms with E-state index in [1.54, 1.807) is 23.1 Å². The van der Waals surface area contributed by atoms with Crippen LogP contribution in [0.15, 0.2) is 18.2 Å². The minimum absolute atomic E-state index is 0.101. The van der Waals surface area contributed by atoms with Crippen molar-refractivity contribution in [3.63, 3.8) is 0 Å². The zero-order chi connectivity index (χ0) is 12.4. The van der Waals surface area contributed by atoms with Gasteiger partial charge in [0, 0.05) is 51.7 Å². The summed E-state index contributed by atoms with van der Waals surface area (Å²) < 4.78 is 11.2. The Hall–Kier alpha value is -1.07. The van der Waals surface area contributed by atoms with Crippen LogP contribution in [0.5, 0.6) is 0 Å². The minimum atomic E-state index is -0.787. The number of carbonyl (C=O) groups is 1. The lowest BCUT2D eigenvalue weighted by molar-refractivity contribution is 0.0771. The summed E-state index contributed by atoms with van der Waals surface area (Å²) in [6, 6.07) is 4.81. The van der Waals surface area contributed by atoms with Crippen molar-refractivity contribution in [1.29, 1.82) is 0 Å². The molecule has 92 valence electrons. The van der Waals surface area contributed by atoms with Gasteiger partial charge in [0.05, 0.1) is 0 Å². The van der Waals surface area contributed by atoms with E-state index < -0.39 is 10.8 Å². The number of anilines is 1. The summed E-state index contributed by atoms with van der Waals surface area (Å²) in [6.07, 6.45) is 0. The van der Waals surface area contributed by atoms with Crippen molar-refractivity contribution in [2.75, 3.05) is 30.3 Å². The first-order valence-corrected chi connectivity index (χ1v) is 7.13. The molecule has 1 saturated heterocycles. The highest BCUT2D eigenvalue weighted by Gasteiger charge is 2.21. The van der Waals surface area contributed by atoms with Gasteiger partial charge in [0.1, 0.15) is 0 Å². The first kappa shape index (κ1) is 12.4. The van der Waals surface area contributed by atoms with Crippen molar-refractivity contribution >= 4 is 34.0 Å². The van der Waals surface area contributed by atoms with Crippen LogP contribution >= 0.6 is 11.6 Å². The van der Waals surface area contributed by atoms with Gasteiger partial charge in [-0.25, -0.2) is 0 Å². The molecule has 0 aromatic heterocycles. The fourth-order valence-electron chi connectivity index (χ4n) is 1.76. The van der Waals surface area contributed by atoms with Crippen molar-refractivity contribution < 1.29 is 9.00 Å². The molecule has 1 aliphatic rings. The Kier molecular flexibility index (Phi) is 3.69. The second kappa shape index (κ2) is 5.06.